The molecule has 0 aliphatic rings. The molecule has 1 unspecified atom stereocenters. The lowest BCUT2D eigenvalue weighted by Gasteiger charge is -2.14. The molecule has 0 heterocycles. The lowest BCUT2D eigenvalue weighted by atomic mass is 10.0. The summed E-state index contributed by atoms with van der Waals surface area (Å²) in [4.78, 5) is 10.9. The summed E-state index contributed by atoms with van der Waals surface area (Å²) in [6, 6.07) is 3.69. The van der Waals surface area contributed by atoms with Gasteiger partial charge in [0, 0.05) is 13.6 Å². The van der Waals surface area contributed by atoms with Crippen LogP contribution in [-0.2, 0) is 4.79 Å². The molecular formula is C10H10BrIO3. The maximum atomic E-state index is 10.9. The van der Waals surface area contributed by atoms with Gasteiger partial charge in [0.1, 0.15) is 5.75 Å². The number of hydrogen-bond donors (Lipinski definition) is 1. The van der Waals surface area contributed by atoms with E-state index in [-0.39, 0.29) is 0 Å². The third-order valence-electron chi connectivity index (χ3n) is 2.08. The van der Waals surface area contributed by atoms with Crippen LogP contribution in [0.15, 0.2) is 16.6 Å². The van der Waals surface area contributed by atoms with E-state index in [0.717, 1.165) is 8.04 Å². The van der Waals surface area contributed by atoms with Gasteiger partial charge in [-0.3, -0.25) is 4.79 Å². The van der Waals surface area contributed by atoms with E-state index in [2.05, 4.69) is 38.5 Å². The van der Waals surface area contributed by atoms with Crippen LogP contribution in [0.4, 0.5) is 0 Å². The topological polar surface area (TPSA) is 46.5 Å². The zero-order valence-corrected chi connectivity index (χ0v) is 12.0. The number of hydrogen-bond acceptors (Lipinski definition) is 2. The number of carboxylic acids is 1. The van der Waals surface area contributed by atoms with Gasteiger partial charge in [-0.25, -0.2) is 0 Å². The summed E-state index contributed by atoms with van der Waals surface area (Å²) in [6.07, 6.45) is 0. The van der Waals surface area contributed by atoms with Crippen molar-refractivity contribution in [3.05, 3.63) is 25.7 Å². The van der Waals surface area contributed by atoms with Crippen LogP contribution >= 0.6 is 38.5 Å². The Balaban J connectivity index is 3.32. The van der Waals surface area contributed by atoms with E-state index in [4.69, 9.17) is 9.84 Å². The van der Waals surface area contributed by atoms with Crippen molar-refractivity contribution in [3.63, 3.8) is 0 Å². The van der Waals surface area contributed by atoms with Crippen LogP contribution in [0.5, 0.6) is 5.75 Å². The average Bonchev–Trinajstić information content (AvgIpc) is 2.15. The van der Waals surface area contributed by atoms with Crippen LogP contribution in [0.25, 0.3) is 0 Å². The summed E-state index contributed by atoms with van der Waals surface area (Å²) in [5.41, 5.74) is 0.672. The Morgan fingerprint density at radius 2 is 2.20 bits per heavy atom. The summed E-state index contributed by atoms with van der Waals surface area (Å²) in [5, 5.41) is 8.97. The molecule has 0 aliphatic heterocycles. The zero-order valence-electron chi connectivity index (χ0n) is 8.25. The molecule has 0 spiro atoms. The Hall–Kier alpha value is -0.300. The van der Waals surface area contributed by atoms with E-state index in [1.54, 1.807) is 6.92 Å². The largest absolute Gasteiger partial charge is 0.496 e. The van der Waals surface area contributed by atoms with Gasteiger partial charge < -0.3 is 9.84 Å². The minimum Gasteiger partial charge on any atom is -0.496 e. The van der Waals surface area contributed by atoms with Gasteiger partial charge in [-0.15, -0.1) is 0 Å². The van der Waals surface area contributed by atoms with E-state index >= 15 is 0 Å². The molecule has 1 atom stereocenters. The van der Waals surface area contributed by atoms with E-state index in [1.165, 1.54) is 7.11 Å². The quantitative estimate of drug-likeness (QED) is 0.813. The van der Waals surface area contributed by atoms with Crippen molar-refractivity contribution in [2.45, 2.75) is 12.8 Å². The van der Waals surface area contributed by atoms with Crippen molar-refractivity contribution >= 4 is 44.5 Å². The highest BCUT2D eigenvalue weighted by Crippen LogP contribution is 2.35. The molecule has 1 aromatic carbocycles. The summed E-state index contributed by atoms with van der Waals surface area (Å²) in [5.74, 6) is -0.856. The Kier molecular flexibility index (Phi) is 4.39. The van der Waals surface area contributed by atoms with E-state index in [9.17, 15) is 4.79 Å². The average molecular weight is 385 g/mol. The second-order valence-electron chi connectivity index (χ2n) is 3.06. The van der Waals surface area contributed by atoms with E-state index in [0.29, 0.717) is 11.3 Å². The third kappa shape index (κ3) is 2.84. The maximum absolute atomic E-state index is 10.9. The SMILES string of the molecule is COc1cc(I)cc(Br)c1C(C)C(=O)O. The second-order valence-corrected chi connectivity index (χ2v) is 5.16. The lowest BCUT2D eigenvalue weighted by Crippen LogP contribution is -2.10. The molecule has 0 bridgehead atoms. The van der Waals surface area contributed by atoms with E-state index < -0.39 is 11.9 Å². The highest BCUT2D eigenvalue weighted by molar-refractivity contribution is 14.1. The lowest BCUT2D eigenvalue weighted by molar-refractivity contribution is -0.138. The first-order valence-electron chi connectivity index (χ1n) is 4.23. The normalized spacial score (nSPS) is 12.3. The van der Waals surface area contributed by atoms with Gasteiger partial charge in [-0.1, -0.05) is 15.9 Å². The number of ether oxygens (including phenoxy) is 1. The molecule has 1 N–H and O–H groups in total. The molecule has 0 aromatic heterocycles. The van der Waals surface area contributed by atoms with Crippen molar-refractivity contribution in [1.82, 2.24) is 0 Å². The van der Waals surface area contributed by atoms with Crippen LogP contribution in [0, 0.1) is 3.57 Å². The van der Waals surface area contributed by atoms with Crippen molar-refractivity contribution < 1.29 is 14.6 Å². The fourth-order valence-corrected chi connectivity index (χ4v) is 3.08. The summed E-state index contributed by atoms with van der Waals surface area (Å²) in [6.45, 7) is 1.64. The molecular weight excluding hydrogens is 375 g/mol. The molecule has 82 valence electrons. The number of halogens is 2. The van der Waals surface area contributed by atoms with Crippen LogP contribution in [0.1, 0.15) is 18.4 Å². The van der Waals surface area contributed by atoms with Crippen molar-refractivity contribution in [1.29, 1.82) is 0 Å². The Bertz CT molecular complexity index is 392. The summed E-state index contributed by atoms with van der Waals surface area (Å²) < 4.78 is 6.94. The number of carbonyl (C=O) groups is 1. The number of carboxylic acid groups (broad SMARTS) is 1. The molecule has 0 saturated heterocycles. The van der Waals surface area contributed by atoms with Crippen LogP contribution in [0.3, 0.4) is 0 Å². The van der Waals surface area contributed by atoms with Crippen molar-refractivity contribution in [3.8, 4) is 5.75 Å². The minimum absolute atomic E-state index is 0.591. The molecule has 0 aliphatic carbocycles. The molecule has 1 rings (SSSR count). The van der Waals surface area contributed by atoms with Crippen LogP contribution in [-0.4, -0.2) is 18.2 Å². The number of aliphatic carboxylic acids is 1. The Morgan fingerprint density at radius 1 is 1.60 bits per heavy atom. The molecule has 0 saturated carbocycles. The van der Waals surface area contributed by atoms with E-state index in [1.807, 2.05) is 12.1 Å². The fraction of sp³-hybridized carbons (Fsp3) is 0.300. The maximum Gasteiger partial charge on any atom is 0.310 e. The van der Waals surface area contributed by atoms with Crippen molar-refractivity contribution in [2.75, 3.05) is 7.11 Å². The molecule has 0 amide bonds. The molecule has 5 heteroatoms. The predicted octanol–water partition coefficient (Wildman–Crippen LogP) is 3.25. The molecule has 0 radical (unpaired) electrons. The molecule has 0 fully saturated rings. The standard InChI is InChI=1S/C10H10BrIO3/c1-5(10(13)14)9-7(11)3-6(12)4-8(9)15-2/h3-5H,1-2H3,(H,13,14). The van der Waals surface area contributed by atoms with Gasteiger partial charge >= 0.3 is 5.97 Å². The highest BCUT2D eigenvalue weighted by Gasteiger charge is 2.21. The third-order valence-corrected chi connectivity index (χ3v) is 3.36. The first kappa shape index (κ1) is 12.8. The second kappa shape index (κ2) is 5.16. The number of rotatable bonds is 3. The van der Waals surface area contributed by atoms with Gasteiger partial charge in [-0.05, 0) is 41.6 Å². The van der Waals surface area contributed by atoms with Gasteiger partial charge in [0.2, 0.25) is 0 Å². The molecule has 1 aromatic rings. The predicted molar refractivity (Wildman–Crippen MR) is 69.5 cm³/mol. The highest BCUT2D eigenvalue weighted by atomic mass is 127. The number of methoxy groups -OCH3 is 1. The monoisotopic (exact) mass is 384 g/mol. The minimum atomic E-state index is -0.866. The summed E-state index contributed by atoms with van der Waals surface area (Å²) >= 11 is 5.51. The zero-order chi connectivity index (χ0) is 11.6. The fourth-order valence-electron chi connectivity index (χ4n) is 1.27. The Morgan fingerprint density at radius 3 is 2.67 bits per heavy atom. The summed E-state index contributed by atoms with van der Waals surface area (Å²) in [7, 11) is 1.54. The Labute approximate surface area is 110 Å². The van der Waals surface area contributed by atoms with Crippen LogP contribution < -0.4 is 4.74 Å². The van der Waals surface area contributed by atoms with Gasteiger partial charge in [0.15, 0.2) is 0 Å². The number of benzene rings is 1. The van der Waals surface area contributed by atoms with Crippen molar-refractivity contribution in [2.24, 2.45) is 0 Å². The first-order valence-corrected chi connectivity index (χ1v) is 6.10. The van der Waals surface area contributed by atoms with Crippen LogP contribution in [0.2, 0.25) is 0 Å². The molecule has 15 heavy (non-hydrogen) atoms. The first-order chi connectivity index (χ1) is 6.97. The smallest absolute Gasteiger partial charge is 0.310 e. The molecule has 3 nitrogen and oxygen atoms in total. The van der Waals surface area contributed by atoms with Gasteiger partial charge in [-0.2, -0.15) is 0 Å². The van der Waals surface area contributed by atoms with Gasteiger partial charge in [0.25, 0.3) is 0 Å². The van der Waals surface area contributed by atoms with Gasteiger partial charge in [0.05, 0.1) is 13.0 Å².